The lowest BCUT2D eigenvalue weighted by Crippen LogP contribution is -2.44. The third-order valence-corrected chi connectivity index (χ3v) is 4.36. The summed E-state index contributed by atoms with van der Waals surface area (Å²) in [7, 11) is -1.82. The summed E-state index contributed by atoms with van der Waals surface area (Å²) in [4.78, 5) is 18.7. The molecular weight excluding hydrogens is 258 g/mol. The summed E-state index contributed by atoms with van der Waals surface area (Å²) in [6.07, 6.45) is 0. The van der Waals surface area contributed by atoms with Crippen LogP contribution in [-0.2, 0) is 14.6 Å². The molecule has 0 unspecified atom stereocenters. The van der Waals surface area contributed by atoms with E-state index in [0.29, 0.717) is 12.2 Å². The van der Waals surface area contributed by atoms with Crippen molar-refractivity contribution in [2.24, 2.45) is 4.99 Å². The number of carboxylic acids is 1. The third kappa shape index (κ3) is 2.77. The summed E-state index contributed by atoms with van der Waals surface area (Å²) < 4.78 is 23.0. The number of carboxylic acid groups (broad SMARTS) is 1. The van der Waals surface area contributed by atoms with Crippen LogP contribution in [0.2, 0.25) is 0 Å². The number of piperazine rings is 1. The summed E-state index contributed by atoms with van der Waals surface area (Å²) >= 11 is 0. The van der Waals surface area contributed by atoms with Crippen LogP contribution in [0.5, 0.6) is 0 Å². The van der Waals surface area contributed by atoms with E-state index in [0.717, 1.165) is 31.6 Å². The fourth-order valence-electron chi connectivity index (χ4n) is 1.93. The van der Waals surface area contributed by atoms with Gasteiger partial charge in [-0.05, 0) is 7.05 Å². The van der Waals surface area contributed by atoms with Gasteiger partial charge in [0, 0.05) is 32.7 Å². The Morgan fingerprint density at radius 3 is 2.50 bits per heavy atom. The molecule has 0 radical (unpaired) electrons. The maximum atomic E-state index is 11.5. The SMILES string of the molecule is CN1CCN(CC2=CS(=O)(=O)C(C(=O)O)=N2)CC1. The molecular formula is C10H15N3O4S. The first kappa shape index (κ1) is 13.2. The fourth-order valence-corrected chi connectivity index (χ4v) is 3.02. The Morgan fingerprint density at radius 1 is 1.39 bits per heavy atom. The Balaban J connectivity index is 2.06. The Hall–Kier alpha value is -1.25. The average molecular weight is 273 g/mol. The molecule has 7 nitrogen and oxygen atoms in total. The number of aliphatic carboxylic acids is 1. The smallest absolute Gasteiger partial charge is 0.366 e. The van der Waals surface area contributed by atoms with E-state index in [1.165, 1.54) is 0 Å². The van der Waals surface area contributed by atoms with Crippen LogP contribution in [0, 0.1) is 0 Å². The van der Waals surface area contributed by atoms with E-state index in [4.69, 9.17) is 5.11 Å². The number of nitrogens with zero attached hydrogens (tertiary/aromatic N) is 3. The number of hydrogen-bond acceptors (Lipinski definition) is 6. The van der Waals surface area contributed by atoms with Gasteiger partial charge in [-0.1, -0.05) is 0 Å². The largest absolute Gasteiger partial charge is 0.476 e. The minimum Gasteiger partial charge on any atom is -0.476 e. The molecule has 0 aromatic heterocycles. The van der Waals surface area contributed by atoms with Crippen molar-refractivity contribution >= 4 is 20.9 Å². The minimum absolute atomic E-state index is 0.303. The standard InChI is InChI=1S/C10H15N3O4S/c1-12-2-4-13(5-3-12)6-8-7-18(16,17)9(11-8)10(14)15/h7H,2-6H2,1H3,(H,14,15). The number of likely N-dealkylation sites (N-methyl/N-ethyl adjacent to an activating group) is 1. The van der Waals surface area contributed by atoms with Crippen molar-refractivity contribution in [2.45, 2.75) is 0 Å². The van der Waals surface area contributed by atoms with Crippen LogP contribution in [0.15, 0.2) is 16.1 Å². The molecule has 2 aliphatic rings. The summed E-state index contributed by atoms with van der Waals surface area (Å²) in [6.45, 7) is 3.85. The molecule has 0 aromatic carbocycles. The monoisotopic (exact) mass is 273 g/mol. The molecule has 0 atom stereocenters. The number of rotatable bonds is 3. The predicted octanol–water partition coefficient (Wildman–Crippen LogP) is -1.01. The first-order chi connectivity index (χ1) is 8.38. The first-order valence-electron chi connectivity index (χ1n) is 5.57. The zero-order chi connectivity index (χ0) is 13.3. The second kappa shape index (κ2) is 4.79. The molecule has 18 heavy (non-hydrogen) atoms. The number of aliphatic imine (C=N–C) groups is 1. The number of hydrogen-bond donors (Lipinski definition) is 1. The van der Waals surface area contributed by atoms with Crippen molar-refractivity contribution in [3.05, 3.63) is 11.1 Å². The first-order valence-corrected chi connectivity index (χ1v) is 7.12. The van der Waals surface area contributed by atoms with Gasteiger partial charge in [-0.15, -0.1) is 0 Å². The molecule has 1 N–H and O–H groups in total. The lowest BCUT2D eigenvalue weighted by Gasteiger charge is -2.31. The zero-order valence-electron chi connectivity index (χ0n) is 10.0. The maximum absolute atomic E-state index is 11.5. The molecule has 2 rings (SSSR count). The molecule has 8 heteroatoms. The van der Waals surface area contributed by atoms with Gasteiger partial charge in [0.25, 0.3) is 0 Å². The molecule has 0 spiro atoms. The van der Waals surface area contributed by atoms with Gasteiger partial charge in [0.15, 0.2) is 0 Å². The molecule has 0 bridgehead atoms. The molecule has 0 aliphatic carbocycles. The normalized spacial score (nSPS) is 24.7. The highest BCUT2D eigenvalue weighted by molar-refractivity contribution is 8.11. The van der Waals surface area contributed by atoms with Crippen molar-refractivity contribution in [3.8, 4) is 0 Å². The zero-order valence-corrected chi connectivity index (χ0v) is 10.9. The van der Waals surface area contributed by atoms with Crippen LogP contribution in [0.3, 0.4) is 0 Å². The fraction of sp³-hybridized carbons (Fsp3) is 0.600. The highest BCUT2D eigenvalue weighted by atomic mass is 32.2. The van der Waals surface area contributed by atoms with Crippen LogP contribution in [0.4, 0.5) is 0 Å². The van der Waals surface area contributed by atoms with E-state index in [1.807, 2.05) is 7.05 Å². The van der Waals surface area contributed by atoms with Gasteiger partial charge in [0.05, 0.1) is 11.1 Å². The number of sulfone groups is 1. The van der Waals surface area contributed by atoms with Crippen molar-refractivity contribution < 1.29 is 18.3 Å². The lowest BCUT2D eigenvalue weighted by atomic mass is 10.3. The van der Waals surface area contributed by atoms with Crippen molar-refractivity contribution in [1.29, 1.82) is 0 Å². The Labute approximate surface area is 105 Å². The Kier molecular flexibility index (Phi) is 3.51. The van der Waals surface area contributed by atoms with Crippen LogP contribution in [0.1, 0.15) is 0 Å². The molecule has 0 aromatic rings. The topological polar surface area (TPSA) is 90.3 Å². The van der Waals surface area contributed by atoms with E-state index in [-0.39, 0.29) is 0 Å². The lowest BCUT2D eigenvalue weighted by molar-refractivity contribution is -0.129. The van der Waals surface area contributed by atoms with Gasteiger partial charge >= 0.3 is 5.97 Å². The Bertz CT molecular complexity index is 515. The summed E-state index contributed by atoms with van der Waals surface area (Å²) in [5.74, 6) is -1.50. The van der Waals surface area contributed by atoms with E-state index < -0.39 is 20.9 Å². The molecule has 1 fully saturated rings. The van der Waals surface area contributed by atoms with E-state index in [9.17, 15) is 13.2 Å². The second-order valence-corrected chi connectivity index (χ2v) is 6.17. The molecule has 0 amide bonds. The summed E-state index contributed by atoms with van der Waals surface area (Å²) in [5.41, 5.74) is 0.303. The minimum atomic E-state index is -3.85. The van der Waals surface area contributed by atoms with Crippen LogP contribution in [-0.4, -0.2) is 74.1 Å². The van der Waals surface area contributed by atoms with E-state index in [1.54, 1.807) is 0 Å². The molecule has 2 aliphatic heterocycles. The number of carbonyl (C=O) groups is 1. The second-order valence-electron chi connectivity index (χ2n) is 4.46. The van der Waals surface area contributed by atoms with Gasteiger partial charge in [-0.3, -0.25) is 4.90 Å². The van der Waals surface area contributed by atoms with Gasteiger partial charge in [-0.25, -0.2) is 18.2 Å². The third-order valence-electron chi connectivity index (χ3n) is 2.97. The van der Waals surface area contributed by atoms with Gasteiger partial charge < -0.3 is 10.0 Å². The molecule has 0 saturated carbocycles. The quantitative estimate of drug-likeness (QED) is 0.708. The van der Waals surface area contributed by atoms with Crippen LogP contribution < -0.4 is 0 Å². The van der Waals surface area contributed by atoms with Gasteiger partial charge in [0.1, 0.15) is 0 Å². The van der Waals surface area contributed by atoms with Gasteiger partial charge in [0.2, 0.25) is 14.9 Å². The van der Waals surface area contributed by atoms with Crippen LogP contribution in [0.25, 0.3) is 0 Å². The van der Waals surface area contributed by atoms with Crippen molar-refractivity contribution in [1.82, 2.24) is 9.80 Å². The molecule has 2 heterocycles. The summed E-state index contributed by atoms with van der Waals surface area (Å²) in [5, 5.41) is 8.93. The van der Waals surface area contributed by atoms with Crippen LogP contribution >= 0.6 is 0 Å². The van der Waals surface area contributed by atoms with Gasteiger partial charge in [-0.2, -0.15) is 0 Å². The Morgan fingerprint density at radius 2 is 2.00 bits per heavy atom. The summed E-state index contributed by atoms with van der Waals surface area (Å²) in [6, 6.07) is 0. The average Bonchev–Trinajstić information content (AvgIpc) is 2.57. The van der Waals surface area contributed by atoms with E-state index in [2.05, 4.69) is 14.8 Å². The van der Waals surface area contributed by atoms with E-state index >= 15 is 0 Å². The highest BCUT2D eigenvalue weighted by Crippen LogP contribution is 2.16. The highest BCUT2D eigenvalue weighted by Gasteiger charge is 2.31. The van der Waals surface area contributed by atoms with Crippen molar-refractivity contribution in [3.63, 3.8) is 0 Å². The predicted molar refractivity (Wildman–Crippen MR) is 66.0 cm³/mol. The molecule has 1 saturated heterocycles. The van der Waals surface area contributed by atoms with Crippen molar-refractivity contribution in [2.75, 3.05) is 39.8 Å². The maximum Gasteiger partial charge on any atom is 0.366 e. The molecule has 100 valence electrons.